The molecule has 0 saturated heterocycles. The molecule has 2 aromatic carbocycles. The van der Waals surface area contributed by atoms with E-state index in [1.54, 1.807) is 36.4 Å². The van der Waals surface area contributed by atoms with Gasteiger partial charge in [-0.25, -0.2) is 0 Å². The molecular weight excluding hydrogens is 334 g/mol. The Kier molecular flexibility index (Phi) is 5.28. The van der Waals surface area contributed by atoms with Gasteiger partial charge in [0.2, 0.25) is 11.8 Å². The summed E-state index contributed by atoms with van der Waals surface area (Å²) in [4.78, 5) is 36.0. The van der Waals surface area contributed by atoms with E-state index in [-0.39, 0.29) is 24.3 Å². The van der Waals surface area contributed by atoms with Gasteiger partial charge in [-0.15, -0.1) is 0 Å². The smallest absolute Gasteiger partial charge is 0.252 e. The lowest BCUT2D eigenvalue weighted by atomic mass is 9.95. The Morgan fingerprint density at radius 1 is 1.08 bits per heavy atom. The van der Waals surface area contributed by atoms with E-state index >= 15 is 0 Å². The van der Waals surface area contributed by atoms with Crippen molar-refractivity contribution in [3.8, 4) is 0 Å². The maximum atomic E-state index is 12.5. The van der Waals surface area contributed by atoms with Crippen LogP contribution in [-0.4, -0.2) is 37.5 Å². The summed E-state index contributed by atoms with van der Waals surface area (Å²) in [6.45, 7) is -0.0264. The molecule has 26 heavy (non-hydrogen) atoms. The van der Waals surface area contributed by atoms with Crippen molar-refractivity contribution in [2.75, 3.05) is 24.4 Å². The predicted octanol–water partition coefficient (Wildman–Crippen LogP) is 1.56. The second kappa shape index (κ2) is 7.79. The Morgan fingerprint density at radius 2 is 1.73 bits per heavy atom. The van der Waals surface area contributed by atoms with Crippen LogP contribution < -0.4 is 16.0 Å². The zero-order chi connectivity index (χ0) is 18.5. The number of ether oxygens (including phenoxy) is 1. The molecular formula is C19H19N3O4. The van der Waals surface area contributed by atoms with Crippen molar-refractivity contribution in [2.24, 2.45) is 0 Å². The molecule has 3 N–H and O–H groups in total. The summed E-state index contributed by atoms with van der Waals surface area (Å²) in [5.74, 6) is -0.792. The van der Waals surface area contributed by atoms with Gasteiger partial charge < -0.3 is 20.7 Å². The number of carbonyl (C=O) groups is 3. The lowest BCUT2D eigenvalue weighted by Crippen LogP contribution is -2.48. The first kappa shape index (κ1) is 17.6. The number of anilines is 2. The molecule has 3 amide bonds. The molecule has 3 rings (SSSR count). The van der Waals surface area contributed by atoms with E-state index in [1.165, 1.54) is 7.11 Å². The zero-order valence-electron chi connectivity index (χ0n) is 14.2. The molecule has 1 aliphatic heterocycles. The average molecular weight is 353 g/mol. The van der Waals surface area contributed by atoms with E-state index in [0.717, 1.165) is 5.56 Å². The fourth-order valence-corrected chi connectivity index (χ4v) is 2.78. The number of carbonyl (C=O) groups excluding carboxylic acids is 3. The predicted molar refractivity (Wildman–Crippen MR) is 97.0 cm³/mol. The first-order chi connectivity index (χ1) is 12.6. The van der Waals surface area contributed by atoms with Gasteiger partial charge in [-0.05, 0) is 35.9 Å². The lowest BCUT2D eigenvalue weighted by molar-refractivity contribution is -0.119. The Morgan fingerprint density at radius 3 is 2.42 bits per heavy atom. The molecule has 0 radical (unpaired) electrons. The molecule has 7 nitrogen and oxygen atoms in total. The maximum absolute atomic E-state index is 12.5. The van der Waals surface area contributed by atoms with Crippen LogP contribution in [0.4, 0.5) is 11.4 Å². The summed E-state index contributed by atoms with van der Waals surface area (Å²) < 4.78 is 4.75. The first-order valence-corrected chi connectivity index (χ1v) is 8.15. The Hall–Kier alpha value is -3.19. The van der Waals surface area contributed by atoms with Crippen LogP contribution in [0.1, 0.15) is 15.9 Å². The van der Waals surface area contributed by atoms with Gasteiger partial charge in [0.1, 0.15) is 12.6 Å². The minimum atomic E-state index is -0.626. The minimum absolute atomic E-state index is 0.0264. The molecule has 1 aliphatic rings. The van der Waals surface area contributed by atoms with Crippen LogP contribution in [0.3, 0.4) is 0 Å². The Bertz CT molecular complexity index is 833. The third kappa shape index (κ3) is 4.07. The van der Waals surface area contributed by atoms with E-state index in [1.807, 2.05) is 12.1 Å². The standard InChI is InChI=1S/C19H19N3O4/c1-26-11-17(23)20-13-6-8-14(9-7-13)21-19(25)16-10-12-4-2-3-5-15(12)18(24)22-16/h2-9,16H,10-11H2,1H3,(H,20,23)(H,21,25)(H,22,24). The SMILES string of the molecule is COCC(=O)Nc1ccc(NC(=O)C2Cc3ccccc3C(=O)N2)cc1. The van der Waals surface area contributed by atoms with Crippen LogP contribution >= 0.6 is 0 Å². The summed E-state index contributed by atoms with van der Waals surface area (Å²) in [5, 5.41) is 8.17. The number of nitrogens with one attached hydrogen (secondary N) is 3. The summed E-state index contributed by atoms with van der Waals surface area (Å²) in [7, 11) is 1.45. The van der Waals surface area contributed by atoms with Crippen molar-refractivity contribution in [3.05, 3.63) is 59.7 Å². The molecule has 0 fully saturated rings. The van der Waals surface area contributed by atoms with Gasteiger partial charge in [0.25, 0.3) is 5.91 Å². The van der Waals surface area contributed by atoms with Gasteiger partial charge in [0.15, 0.2) is 0 Å². The average Bonchev–Trinajstić information content (AvgIpc) is 2.63. The lowest BCUT2D eigenvalue weighted by Gasteiger charge is -2.24. The molecule has 2 aromatic rings. The van der Waals surface area contributed by atoms with E-state index < -0.39 is 6.04 Å². The Labute approximate surface area is 150 Å². The zero-order valence-corrected chi connectivity index (χ0v) is 14.2. The number of methoxy groups -OCH3 is 1. The molecule has 1 unspecified atom stereocenters. The third-order valence-corrected chi connectivity index (χ3v) is 4.02. The van der Waals surface area contributed by atoms with Gasteiger partial charge >= 0.3 is 0 Å². The minimum Gasteiger partial charge on any atom is -0.375 e. The van der Waals surface area contributed by atoms with Crippen LogP contribution in [0, 0.1) is 0 Å². The van der Waals surface area contributed by atoms with Gasteiger partial charge in [0, 0.05) is 30.5 Å². The molecule has 0 aromatic heterocycles. The van der Waals surface area contributed by atoms with Gasteiger partial charge in [-0.2, -0.15) is 0 Å². The molecule has 0 spiro atoms. The second-order valence-corrected chi connectivity index (χ2v) is 5.94. The number of hydrogen-bond acceptors (Lipinski definition) is 4. The fraction of sp³-hybridized carbons (Fsp3) is 0.211. The van der Waals surface area contributed by atoms with Crippen LogP contribution in [0.25, 0.3) is 0 Å². The highest BCUT2D eigenvalue weighted by Gasteiger charge is 2.28. The van der Waals surface area contributed by atoms with Crippen LogP contribution in [0.15, 0.2) is 48.5 Å². The second-order valence-electron chi connectivity index (χ2n) is 5.94. The molecule has 0 aliphatic carbocycles. The number of hydrogen-bond donors (Lipinski definition) is 3. The summed E-state index contributed by atoms with van der Waals surface area (Å²) >= 11 is 0. The van der Waals surface area contributed by atoms with Crippen LogP contribution in [0.2, 0.25) is 0 Å². The molecule has 0 saturated carbocycles. The summed E-state index contributed by atoms with van der Waals surface area (Å²) in [5.41, 5.74) is 2.64. The highest BCUT2D eigenvalue weighted by molar-refractivity contribution is 6.04. The van der Waals surface area contributed by atoms with Crippen molar-refractivity contribution < 1.29 is 19.1 Å². The topological polar surface area (TPSA) is 96.5 Å². The first-order valence-electron chi connectivity index (χ1n) is 8.15. The highest BCUT2D eigenvalue weighted by Crippen LogP contribution is 2.18. The van der Waals surface area contributed by atoms with Gasteiger partial charge in [0.05, 0.1) is 0 Å². The third-order valence-electron chi connectivity index (χ3n) is 4.02. The van der Waals surface area contributed by atoms with Gasteiger partial charge in [-0.1, -0.05) is 18.2 Å². The molecule has 7 heteroatoms. The Balaban J connectivity index is 1.62. The summed E-state index contributed by atoms with van der Waals surface area (Å²) in [6.07, 6.45) is 0.443. The molecule has 1 atom stereocenters. The summed E-state index contributed by atoms with van der Waals surface area (Å²) in [6, 6.07) is 13.3. The van der Waals surface area contributed by atoms with Crippen LogP contribution in [0.5, 0.6) is 0 Å². The van der Waals surface area contributed by atoms with Crippen LogP contribution in [-0.2, 0) is 20.7 Å². The maximum Gasteiger partial charge on any atom is 0.252 e. The normalized spacial score (nSPS) is 15.6. The van der Waals surface area contributed by atoms with Crippen molar-refractivity contribution in [1.82, 2.24) is 5.32 Å². The number of fused-ring (bicyclic) bond motifs is 1. The highest BCUT2D eigenvalue weighted by atomic mass is 16.5. The van der Waals surface area contributed by atoms with Gasteiger partial charge in [-0.3, -0.25) is 14.4 Å². The van der Waals surface area contributed by atoms with E-state index in [4.69, 9.17) is 4.74 Å². The quantitative estimate of drug-likeness (QED) is 0.760. The van der Waals surface area contributed by atoms with E-state index in [2.05, 4.69) is 16.0 Å². The largest absolute Gasteiger partial charge is 0.375 e. The number of rotatable bonds is 5. The molecule has 0 bridgehead atoms. The number of amides is 3. The van der Waals surface area contributed by atoms with Crippen molar-refractivity contribution >= 4 is 29.1 Å². The van der Waals surface area contributed by atoms with E-state index in [0.29, 0.717) is 23.4 Å². The van der Waals surface area contributed by atoms with Crippen molar-refractivity contribution in [2.45, 2.75) is 12.5 Å². The van der Waals surface area contributed by atoms with E-state index in [9.17, 15) is 14.4 Å². The number of benzene rings is 2. The fourth-order valence-electron chi connectivity index (χ4n) is 2.78. The van der Waals surface area contributed by atoms with Crippen molar-refractivity contribution in [3.63, 3.8) is 0 Å². The molecule has 1 heterocycles. The van der Waals surface area contributed by atoms with Crippen molar-refractivity contribution in [1.29, 1.82) is 0 Å². The monoisotopic (exact) mass is 353 g/mol. The molecule has 134 valence electrons.